The molecule has 9 nitrogen and oxygen atoms in total. The Kier molecular flexibility index (Phi) is 8.57. The molecule has 0 saturated heterocycles. The summed E-state index contributed by atoms with van der Waals surface area (Å²) in [4.78, 5) is 16.1. The second-order valence-corrected chi connectivity index (χ2v) is 9.66. The van der Waals surface area contributed by atoms with Crippen LogP contribution in [0.3, 0.4) is 0 Å². The van der Waals surface area contributed by atoms with Gasteiger partial charge in [-0.3, -0.25) is 10.3 Å². The highest BCUT2D eigenvalue weighted by molar-refractivity contribution is 6.30. The molecule has 0 aliphatic carbocycles. The highest BCUT2D eigenvalue weighted by Gasteiger charge is 2.23. The van der Waals surface area contributed by atoms with Gasteiger partial charge in [0.15, 0.2) is 5.82 Å². The number of aromatic nitrogens is 5. The number of carbonyl (C=O) groups is 1. The Hall–Kier alpha value is -3.04. The van der Waals surface area contributed by atoms with E-state index in [1.807, 2.05) is 59.0 Å². The topological polar surface area (TPSA) is 107 Å². The molecule has 0 aliphatic rings. The molecule has 3 aromatic rings. The van der Waals surface area contributed by atoms with E-state index in [-0.39, 0.29) is 6.04 Å². The fourth-order valence-electron chi connectivity index (χ4n) is 3.59. The van der Waals surface area contributed by atoms with Gasteiger partial charge in [-0.2, -0.15) is 0 Å². The van der Waals surface area contributed by atoms with Crippen LogP contribution in [0.25, 0.3) is 0 Å². The molecule has 182 valence electrons. The SMILES string of the molecule is Cc1cc(Cl)cc(CNC(c2ccncc2C)c2nnnn2CCCNC(=O)OC(C)(C)C)c1. The summed E-state index contributed by atoms with van der Waals surface area (Å²) in [5.41, 5.74) is 3.71. The molecular formula is C24H32ClN7O2. The van der Waals surface area contributed by atoms with Crippen molar-refractivity contribution in [2.75, 3.05) is 6.54 Å². The van der Waals surface area contributed by atoms with E-state index in [2.05, 4.69) is 37.2 Å². The number of nitrogens with zero attached hydrogens (tertiary/aromatic N) is 5. The molecule has 0 aliphatic heterocycles. The minimum Gasteiger partial charge on any atom is -0.444 e. The third kappa shape index (κ3) is 7.50. The molecule has 1 unspecified atom stereocenters. The van der Waals surface area contributed by atoms with E-state index in [9.17, 15) is 4.79 Å². The lowest BCUT2D eigenvalue weighted by Crippen LogP contribution is -2.33. The molecule has 1 atom stereocenters. The van der Waals surface area contributed by atoms with Gasteiger partial charge in [0.1, 0.15) is 5.60 Å². The lowest BCUT2D eigenvalue weighted by molar-refractivity contribution is 0.0526. The van der Waals surface area contributed by atoms with Crippen molar-refractivity contribution in [1.29, 1.82) is 0 Å². The summed E-state index contributed by atoms with van der Waals surface area (Å²) >= 11 is 6.25. The average Bonchev–Trinajstić information content (AvgIpc) is 3.19. The van der Waals surface area contributed by atoms with Crippen molar-refractivity contribution in [2.45, 2.75) is 65.8 Å². The van der Waals surface area contributed by atoms with Gasteiger partial charge in [-0.15, -0.1) is 5.10 Å². The Morgan fingerprint density at radius 2 is 2.03 bits per heavy atom. The van der Waals surface area contributed by atoms with Crippen molar-refractivity contribution < 1.29 is 9.53 Å². The molecule has 0 spiro atoms. The normalized spacial score (nSPS) is 12.4. The number of amides is 1. The van der Waals surface area contributed by atoms with Gasteiger partial charge in [-0.25, -0.2) is 9.48 Å². The Balaban J connectivity index is 1.72. The second kappa shape index (κ2) is 11.4. The maximum Gasteiger partial charge on any atom is 0.407 e. The maximum atomic E-state index is 11.9. The molecule has 2 aromatic heterocycles. The summed E-state index contributed by atoms with van der Waals surface area (Å²) in [6, 6.07) is 7.70. The zero-order valence-corrected chi connectivity index (χ0v) is 21.1. The van der Waals surface area contributed by atoms with Crippen molar-refractivity contribution in [2.24, 2.45) is 0 Å². The molecule has 0 fully saturated rings. The molecule has 1 aromatic carbocycles. The van der Waals surface area contributed by atoms with E-state index in [0.29, 0.717) is 36.9 Å². The lowest BCUT2D eigenvalue weighted by Gasteiger charge is -2.21. The molecule has 2 N–H and O–H groups in total. The van der Waals surface area contributed by atoms with Crippen molar-refractivity contribution in [1.82, 2.24) is 35.8 Å². The average molecular weight is 486 g/mol. The van der Waals surface area contributed by atoms with E-state index in [4.69, 9.17) is 16.3 Å². The summed E-state index contributed by atoms with van der Waals surface area (Å²) < 4.78 is 7.04. The summed E-state index contributed by atoms with van der Waals surface area (Å²) in [7, 11) is 0. The first-order valence-electron chi connectivity index (χ1n) is 11.3. The maximum absolute atomic E-state index is 11.9. The van der Waals surface area contributed by atoms with E-state index < -0.39 is 11.7 Å². The molecule has 3 rings (SSSR count). The van der Waals surface area contributed by atoms with E-state index in [0.717, 1.165) is 22.3 Å². The first-order valence-corrected chi connectivity index (χ1v) is 11.6. The molecule has 0 bridgehead atoms. The number of benzene rings is 1. The number of hydrogen-bond donors (Lipinski definition) is 2. The van der Waals surface area contributed by atoms with Crippen LogP contribution >= 0.6 is 11.6 Å². The number of rotatable bonds is 9. The van der Waals surface area contributed by atoms with E-state index in [1.54, 1.807) is 10.9 Å². The van der Waals surface area contributed by atoms with Crippen molar-refractivity contribution in [3.63, 3.8) is 0 Å². The highest BCUT2D eigenvalue weighted by Crippen LogP contribution is 2.24. The van der Waals surface area contributed by atoms with Crippen LogP contribution in [0.5, 0.6) is 0 Å². The number of carbonyl (C=O) groups excluding carboxylic acids is 1. The van der Waals surface area contributed by atoms with Crippen molar-refractivity contribution >= 4 is 17.7 Å². The van der Waals surface area contributed by atoms with Gasteiger partial charge in [0.25, 0.3) is 0 Å². The molecule has 1 amide bonds. The van der Waals surface area contributed by atoms with Crippen molar-refractivity contribution in [3.8, 4) is 0 Å². The lowest BCUT2D eigenvalue weighted by atomic mass is 10.0. The Labute approximate surface area is 205 Å². The minimum absolute atomic E-state index is 0.254. The first-order chi connectivity index (χ1) is 16.1. The van der Waals surface area contributed by atoms with Crippen LogP contribution in [0.4, 0.5) is 4.79 Å². The van der Waals surface area contributed by atoms with Gasteiger partial charge in [0, 0.05) is 37.1 Å². The number of pyridine rings is 1. The monoisotopic (exact) mass is 485 g/mol. The molecule has 0 radical (unpaired) electrons. The van der Waals surface area contributed by atoms with Crippen LogP contribution in [0.2, 0.25) is 5.02 Å². The van der Waals surface area contributed by atoms with Gasteiger partial charge in [-0.1, -0.05) is 17.7 Å². The predicted octanol–water partition coefficient (Wildman–Crippen LogP) is 4.13. The van der Waals surface area contributed by atoms with Crippen LogP contribution in [0.1, 0.15) is 61.3 Å². The number of alkyl carbamates (subject to hydrolysis) is 1. The molecule has 2 heterocycles. The number of aryl methyl sites for hydroxylation is 3. The zero-order valence-electron chi connectivity index (χ0n) is 20.3. The number of halogens is 1. The van der Waals surface area contributed by atoms with Crippen LogP contribution in [0, 0.1) is 13.8 Å². The fraction of sp³-hybridized carbons (Fsp3) is 0.458. The van der Waals surface area contributed by atoms with Gasteiger partial charge in [-0.05, 0) is 91.9 Å². The standard InChI is InChI=1S/C24H32ClN7O2/c1-16-11-18(13-19(25)12-16)15-28-21(20-7-9-26-14-17(20)2)22-29-30-31-32(22)10-6-8-27-23(33)34-24(3,4)5/h7,9,11-14,21,28H,6,8,10,15H2,1-5H3,(H,27,33). The van der Waals surface area contributed by atoms with Gasteiger partial charge < -0.3 is 10.1 Å². The van der Waals surface area contributed by atoms with Gasteiger partial charge in [0.05, 0.1) is 6.04 Å². The minimum atomic E-state index is -0.532. The Morgan fingerprint density at radius 3 is 2.74 bits per heavy atom. The molecule has 34 heavy (non-hydrogen) atoms. The van der Waals surface area contributed by atoms with E-state index >= 15 is 0 Å². The summed E-state index contributed by atoms with van der Waals surface area (Å²) in [6.45, 7) is 11.1. The molecule has 0 saturated carbocycles. The second-order valence-electron chi connectivity index (χ2n) is 9.23. The molecular weight excluding hydrogens is 454 g/mol. The van der Waals surface area contributed by atoms with Crippen LogP contribution in [0.15, 0.2) is 36.7 Å². The van der Waals surface area contributed by atoms with Gasteiger partial charge >= 0.3 is 6.09 Å². The van der Waals surface area contributed by atoms with E-state index in [1.165, 1.54) is 0 Å². The Morgan fingerprint density at radius 1 is 1.24 bits per heavy atom. The molecule has 10 heteroatoms. The zero-order chi connectivity index (χ0) is 24.7. The quantitative estimate of drug-likeness (QED) is 0.439. The predicted molar refractivity (Wildman–Crippen MR) is 131 cm³/mol. The summed E-state index contributed by atoms with van der Waals surface area (Å²) in [5.74, 6) is 0.685. The highest BCUT2D eigenvalue weighted by atomic mass is 35.5. The van der Waals surface area contributed by atoms with Crippen molar-refractivity contribution in [3.05, 3.63) is 69.8 Å². The van der Waals surface area contributed by atoms with Gasteiger partial charge in [0.2, 0.25) is 0 Å². The number of nitrogens with one attached hydrogen (secondary N) is 2. The number of hydrogen-bond acceptors (Lipinski definition) is 7. The number of tetrazole rings is 1. The van der Waals surface area contributed by atoms with Crippen LogP contribution in [-0.2, 0) is 17.8 Å². The third-order valence-corrected chi connectivity index (χ3v) is 5.24. The van der Waals surface area contributed by atoms with Crippen LogP contribution < -0.4 is 10.6 Å². The largest absolute Gasteiger partial charge is 0.444 e. The smallest absolute Gasteiger partial charge is 0.407 e. The summed E-state index contributed by atoms with van der Waals surface area (Å²) in [6.07, 6.45) is 3.80. The first kappa shape index (κ1) is 25.6. The fourth-order valence-corrected chi connectivity index (χ4v) is 3.91. The Bertz CT molecular complexity index is 1090. The number of ether oxygens (including phenoxy) is 1. The third-order valence-electron chi connectivity index (χ3n) is 5.02. The van der Waals surface area contributed by atoms with Crippen LogP contribution in [-0.4, -0.2) is 43.4 Å². The summed E-state index contributed by atoms with van der Waals surface area (Å²) in [5, 5.41) is 19.5.